The monoisotopic (exact) mass is 222 g/mol. The molecule has 1 amide bonds. The average Bonchev–Trinajstić information content (AvgIpc) is 2.81. The summed E-state index contributed by atoms with van der Waals surface area (Å²) >= 11 is 0. The molecule has 1 atom stereocenters. The van der Waals surface area contributed by atoms with Crippen molar-refractivity contribution in [2.24, 2.45) is 0 Å². The number of nitrogens with zero attached hydrogens (tertiary/aromatic N) is 1. The van der Waals surface area contributed by atoms with E-state index in [2.05, 4.69) is 5.32 Å². The molecule has 1 saturated heterocycles. The Kier molecular flexibility index (Phi) is 3.19. The van der Waals surface area contributed by atoms with Crippen LogP contribution in [0.25, 0.3) is 0 Å². The minimum atomic E-state index is -0.364. The number of benzene rings is 1. The first kappa shape index (κ1) is 11.1. The van der Waals surface area contributed by atoms with Gasteiger partial charge < -0.3 is 10.2 Å². The number of hydrogen-bond donors (Lipinski definition) is 1. The summed E-state index contributed by atoms with van der Waals surface area (Å²) in [5, 5.41) is 3.11. The van der Waals surface area contributed by atoms with E-state index in [1.807, 2.05) is 0 Å². The minimum Gasteiger partial charge on any atom is -0.311 e. The van der Waals surface area contributed by atoms with Crippen LogP contribution in [0.4, 0.5) is 10.1 Å². The molecule has 0 aliphatic carbocycles. The fourth-order valence-corrected chi connectivity index (χ4v) is 1.97. The van der Waals surface area contributed by atoms with E-state index in [0.29, 0.717) is 5.69 Å². The second kappa shape index (κ2) is 4.61. The predicted octanol–water partition coefficient (Wildman–Crippen LogP) is 1.54. The molecule has 0 spiro atoms. The molecule has 16 heavy (non-hydrogen) atoms. The van der Waals surface area contributed by atoms with E-state index in [4.69, 9.17) is 0 Å². The smallest absolute Gasteiger partial charge is 0.243 e. The van der Waals surface area contributed by atoms with Crippen molar-refractivity contribution in [3.05, 3.63) is 30.1 Å². The average molecular weight is 222 g/mol. The highest BCUT2D eigenvalue weighted by Crippen LogP contribution is 2.19. The zero-order chi connectivity index (χ0) is 11.5. The summed E-state index contributed by atoms with van der Waals surface area (Å²) in [4.78, 5) is 13.4. The zero-order valence-corrected chi connectivity index (χ0v) is 9.24. The van der Waals surface area contributed by atoms with Gasteiger partial charge in [-0.2, -0.15) is 0 Å². The molecule has 0 bridgehead atoms. The summed E-state index contributed by atoms with van der Waals surface area (Å²) in [6, 6.07) is 6.16. The lowest BCUT2D eigenvalue weighted by atomic mass is 10.2. The van der Waals surface area contributed by atoms with Gasteiger partial charge in [0, 0.05) is 7.05 Å². The van der Waals surface area contributed by atoms with Gasteiger partial charge in [0.05, 0.1) is 11.7 Å². The molecule has 0 saturated carbocycles. The maximum atomic E-state index is 13.5. The number of carbonyl (C=O) groups is 1. The fourth-order valence-electron chi connectivity index (χ4n) is 1.97. The summed E-state index contributed by atoms with van der Waals surface area (Å²) in [5.41, 5.74) is 0.334. The van der Waals surface area contributed by atoms with Crippen LogP contribution >= 0.6 is 0 Å². The lowest BCUT2D eigenvalue weighted by molar-refractivity contribution is -0.120. The van der Waals surface area contributed by atoms with Crippen molar-refractivity contribution < 1.29 is 9.18 Å². The molecule has 1 aliphatic heterocycles. The molecule has 1 heterocycles. The van der Waals surface area contributed by atoms with E-state index in [-0.39, 0.29) is 17.8 Å². The predicted molar refractivity (Wildman–Crippen MR) is 60.8 cm³/mol. The summed E-state index contributed by atoms with van der Waals surface area (Å²) < 4.78 is 13.5. The molecule has 1 aromatic rings. The number of carbonyl (C=O) groups excluding carboxylic acids is 1. The van der Waals surface area contributed by atoms with Crippen molar-refractivity contribution in [1.82, 2.24) is 5.32 Å². The molecule has 4 heteroatoms. The molecular formula is C12H15FN2O. The van der Waals surface area contributed by atoms with Gasteiger partial charge in [0.25, 0.3) is 0 Å². The molecule has 3 nitrogen and oxygen atoms in total. The minimum absolute atomic E-state index is 0.0670. The summed E-state index contributed by atoms with van der Waals surface area (Å²) in [6.07, 6.45) is 1.83. The first-order chi connectivity index (χ1) is 7.70. The Morgan fingerprint density at radius 1 is 1.50 bits per heavy atom. The number of hydrogen-bond acceptors (Lipinski definition) is 2. The first-order valence-corrected chi connectivity index (χ1v) is 5.45. The second-order valence-electron chi connectivity index (χ2n) is 4.00. The van der Waals surface area contributed by atoms with Crippen LogP contribution in [0.3, 0.4) is 0 Å². The maximum absolute atomic E-state index is 13.5. The lowest BCUT2D eigenvalue weighted by Gasteiger charge is -2.21. The van der Waals surface area contributed by atoms with Crippen LogP contribution in [0, 0.1) is 5.82 Å². The molecule has 1 fully saturated rings. The van der Waals surface area contributed by atoms with Gasteiger partial charge in [-0.15, -0.1) is 0 Å². The van der Waals surface area contributed by atoms with Crippen molar-refractivity contribution in [3.8, 4) is 0 Å². The molecule has 1 aliphatic rings. The zero-order valence-electron chi connectivity index (χ0n) is 9.24. The largest absolute Gasteiger partial charge is 0.311 e. The highest BCUT2D eigenvalue weighted by Gasteiger charge is 2.26. The van der Waals surface area contributed by atoms with Gasteiger partial charge in [-0.3, -0.25) is 4.79 Å². The number of anilines is 1. The van der Waals surface area contributed by atoms with Crippen LogP contribution in [-0.2, 0) is 4.79 Å². The molecule has 2 rings (SSSR count). The SMILES string of the molecule is CN(C(=O)[C@H]1CCCN1)c1ccccc1F. The topological polar surface area (TPSA) is 32.3 Å². The van der Waals surface area contributed by atoms with Crippen molar-refractivity contribution in [1.29, 1.82) is 0 Å². The van der Waals surface area contributed by atoms with Crippen LogP contribution in [0.5, 0.6) is 0 Å². The Labute approximate surface area is 94.3 Å². The molecule has 86 valence electrons. The number of likely N-dealkylation sites (N-methyl/N-ethyl adjacent to an activating group) is 1. The Hall–Kier alpha value is -1.42. The van der Waals surface area contributed by atoms with E-state index in [0.717, 1.165) is 19.4 Å². The van der Waals surface area contributed by atoms with Gasteiger partial charge in [0.1, 0.15) is 5.82 Å². The maximum Gasteiger partial charge on any atom is 0.243 e. The highest BCUT2D eigenvalue weighted by atomic mass is 19.1. The third-order valence-electron chi connectivity index (χ3n) is 2.90. The van der Waals surface area contributed by atoms with E-state index in [1.54, 1.807) is 25.2 Å². The Bertz CT molecular complexity index is 388. The van der Waals surface area contributed by atoms with Crippen LogP contribution < -0.4 is 10.2 Å². The van der Waals surface area contributed by atoms with E-state index >= 15 is 0 Å². The second-order valence-corrected chi connectivity index (χ2v) is 4.00. The molecule has 0 unspecified atom stereocenters. The van der Waals surface area contributed by atoms with Crippen LogP contribution in [0.1, 0.15) is 12.8 Å². The van der Waals surface area contributed by atoms with Gasteiger partial charge in [-0.1, -0.05) is 12.1 Å². The van der Waals surface area contributed by atoms with Crippen LogP contribution in [0.15, 0.2) is 24.3 Å². The third-order valence-corrected chi connectivity index (χ3v) is 2.90. The van der Waals surface area contributed by atoms with Crippen LogP contribution in [0.2, 0.25) is 0 Å². The van der Waals surface area contributed by atoms with Crippen molar-refractivity contribution in [3.63, 3.8) is 0 Å². The van der Waals surface area contributed by atoms with Gasteiger partial charge in [0.2, 0.25) is 5.91 Å². The molecule has 0 radical (unpaired) electrons. The Morgan fingerprint density at radius 2 is 2.25 bits per heavy atom. The number of amides is 1. The number of halogens is 1. The number of para-hydroxylation sites is 1. The third kappa shape index (κ3) is 2.07. The van der Waals surface area contributed by atoms with Crippen molar-refractivity contribution in [2.75, 3.05) is 18.5 Å². The van der Waals surface area contributed by atoms with Gasteiger partial charge in [0.15, 0.2) is 0 Å². The quantitative estimate of drug-likeness (QED) is 0.823. The molecular weight excluding hydrogens is 207 g/mol. The van der Waals surface area contributed by atoms with E-state index < -0.39 is 0 Å². The van der Waals surface area contributed by atoms with Crippen LogP contribution in [-0.4, -0.2) is 25.5 Å². The lowest BCUT2D eigenvalue weighted by Crippen LogP contribution is -2.42. The van der Waals surface area contributed by atoms with Crippen molar-refractivity contribution in [2.45, 2.75) is 18.9 Å². The molecule has 0 aromatic heterocycles. The van der Waals surface area contributed by atoms with Gasteiger partial charge in [-0.25, -0.2) is 4.39 Å². The highest BCUT2D eigenvalue weighted by molar-refractivity contribution is 5.96. The molecule has 1 N–H and O–H groups in total. The normalized spacial score (nSPS) is 19.8. The Balaban J connectivity index is 2.15. The first-order valence-electron chi connectivity index (χ1n) is 5.45. The number of rotatable bonds is 2. The molecule has 1 aromatic carbocycles. The summed E-state index contributed by atoms with van der Waals surface area (Å²) in [6.45, 7) is 0.863. The van der Waals surface area contributed by atoms with Crippen molar-refractivity contribution >= 4 is 11.6 Å². The van der Waals surface area contributed by atoms with E-state index in [1.165, 1.54) is 11.0 Å². The standard InChI is InChI=1S/C12H15FN2O/c1-15(11-7-3-2-5-9(11)13)12(16)10-6-4-8-14-10/h2-3,5,7,10,14H,4,6,8H2,1H3/t10-/m1/s1. The van der Waals surface area contributed by atoms with E-state index in [9.17, 15) is 9.18 Å². The summed E-state index contributed by atoms with van der Waals surface area (Å²) in [5.74, 6) is -0.432. The van der Waals surface area contributed by atoms with Gasteiger partial charge in [-0.05, 0) is 31.5 Å². The fraction of sp³-hybridized carbons (Fsp3) is 0.417. The van der Waals surface area contributed by atoms with Gasteiger partial charge >= 0.3 is 0 Å². The number of nitrogens with one attached hydrogen (secondary N) is 1. The Morgan fingerprint density at radius 3 is 2.88 bits per heavy atom. The summed E-state index contributed by atoms with van der Waals surface area (Å²) in [7, 11) is 1.61.